The van der Waals surface area contributed by atoms with Crippen LogP contribution in [0.1, 0.15) is 11.5 Å². The molecule has 0 aliphatic carbocycles. The van der Waals surface area contributed by atoms with Crippen molar-refractivity contribution in [3.63, 3.8) is 0 Å². The van der Waals surface area contributed by atoms with E-state index >= 15 is 0 Å². The lowest BCUT2D eigenvalue weighted by molar-refractivity contribution is -0.111. The molecule has 1 aromatic carbocycles. The molecule has 0 aliphatic rings. The Labute approximate surface area is 121 Å². The fraction of sp³-hybridized carbons (Fsp3) is 0.0625. The second-order valence-electron chi connectivity index (χ2n) is 4.56. The summed E-state index contributed by atoms with van der Waals surface area (Å²) in [5.41, 5.74) is 2.49. The number of rotatable bonds is 3. The first-order valence-electron chi connectivity index (χ1n) is 6.48. The monoisotopic (exact) mass is 279 g/mol. The van der Waals surface area contributed by atoms with Crippen LogP contribution in [0.25, 0.3) is 17.2 Å². The van der Waals surface area contributed by atoms with Gasteiger partial charge < -0.3 is 9.73 Å². The van der Waals surface area contributed by atoms with E-state index in [2.05, 4.69) is 15.3 Å². The number of para-hydroxylation sites is 2. The average Bonchev–Trinajstić information content (AvgIpc) is 2.88. The molecule has 0 atom stereocenters. The van der Waals surface area contributed by atoms with Gasteiger partial charge in [0.05, 0.1) is 0 Å². The first kappa shape index (κ1) is 13.1. The molecule has 0 saturated carbocycles. The minimum absolute atomic E-state index is 0.282. The maximum absolute atomic E-state index is 11.8. The number of fused-ring (bicyclic) bond motifs is 1. The number of hydrogen-bond donors (Lipinski definition) is 1. The van der Waals surface area contributed by atoms with E-state index in [9.17, 15) is 4.79 Å². The summed E-state index contributed by atoms with van der Waals surface area (Å²) in [6.07, 6.45) is 4.55. The fourth-order valence-electron chi connectivity index (χ4n) is 1.88. The van der Waals surface area contributed by atoms with Gasteiger partial charge in [0, 0.05) is 18.3 Å². The van der Waals surface area contributed by atoms with Gasteiger partial charge >= 0.3 is 0 Å². The molecular formula is C16H13N3O2. The van der Waals surface area contributed by atoms with Gasteiger partial charge in [-0.2, -0.15) is 0 Å². The summed E-state index contributed by atoms with van der Waals surface area (Å²) in [5.74, 6) is 0.626. The van der Waals surface area contributed by atoms with Gasteiger partial charge in [-0.05, 0) is 36.8 Å². The zero-order valence-corrected chi connectivity index (χ0v) is 11.4. The van der Waals surface area contributed by atoms with Crippen molar-refractivity contribution in [2.24, 2.45) is 0 Å². The summed E-state index contributed by atoms with van der Waals surface area (Å²) in [5, 5.41) is 2.68. The molecule has 1 N–H and O–H groups in total. The molecule has 3 aromatic rings. The first-order chi connectivity index (χ1) is 10.2. The summed E-state index contributed by atoms with van der Waals surface area (Å²) in [4.78, 5) is 20.1. The number of pyridine rings is 1. The van der Waals surface area contributed by atoms with Crippen molar-refractivity contribution >= 4 is 28.9 Å². The van der Waals surface area contributed by atoms with Crippen LogP contribution >= 0.6 is 0 Å². The van der Waals surface area contributed by atoms with Crippen LogP contribution in [0.2, 0.25) is 0 Å². The summed E-state index contributed by atoms with van der Waals surface area (Å²) in [6.45, 7) is 1.94. The highest BCUT2D eigenvalue weighted by atomic mass is 16.3. The van der Waals surface area contributed by atoms with Crippen LogP contribution in [-0.4, -0.2) is 15.9 Å². The number of amides is 1. The second kappa shape index (κ2) is 5.58. The zero-order valence-electron chi connectivity index (χ0n) is 11.4. The van der Waals surface area contributed by atoms with Crippen LogP contribution in [0.5, 0.6) is 0 Å². The summed E-state index contributed by atoms with van der Waals surface area (Å²) in [6, 6.07) is 11.1. The van der Waals surface area contributed by atoms with Crippen molar-refractivity contribution in [1.82, 2.24) is 9.97 Å². The molecule has 0 radical (unpaired) electrons. The van der Waals surface area contributed by atoms with Gasteiger partial charge in [0.25, 0.3) is 0 Å². The van der Waals surface area contributed by atoms with E-state index in [-0.39, 0.29) is 5.91 Å². The van der Waals surface area contributed by atoms with Crippen LogP contribution in [0.4, 0.5) is 5.82 Å². The molecule has 5 nitrogen and oxygen atoms in total. The number of aryl methyl sites for hydroxylation is 1. The Balaban J connectivity index is 1.71. The number of carbonyl (C=O) groups excluding carboxylic acids is 1. The Morgan fingerprint density at radius 1 is 1.29 bits per heavy atom. The van der Waals surface area contributed by atoms with Crippen LogP contribution in [0, 0.1) is 6.92 Å². The largest absolute Gasteiger partial charge is 0.437 e. The molecule has 1 amide bonds. The minimum Gasteiger partial charge on any atom is -0.437 e. The SMILES string of the molecule is Cc1ccnc(NC(=O)/C=C/c2nc3ccccc3o2)c1. The van der Waals surface area contributed by atoms with E-state index in [0.717, 1.165) is 11.1 Å². The summed E-state index contributed by atoms with van der Waals surface area (Å²) < 4.78 is 5.49. The highest BCUT2D eigenvalue weighted by Gasteiger charge is 2.03. The Kier molecular flexibility index (Phi) is 3.47. The van der Waals surface area contributed by atoms with Gasteiger partial charge in [-0.1, -0.05) is 12.1 Å². The average molecular weight is 279 g/mol. The lowest BCUT2D eigenvalue weighted by atomic mass is 10.3. The van der Waals surface area contributed by atoms with E-state index in [1.165, 1.54) is 12.2 Å². The first-order valence-corrected chi connectivity index (χ1v) is 6.48. The van der Waals surface area contributed by atoms with Gasteiger partial charge in [0.2, 0.25) is 11.8 Å². The van der Waals surface area contributed by atoms with E-state index < -0.39 is 0 Å². The van der Waals surface area contributed by atoms with Crippen molar-refractivity contribution in [2.45, 2.75) is 6.92 Å². The lowest BCUT2D eigenvalue weighted by Crippen LogP contribution is -2.09. The van der Waals surface area contributed by atoms with Crippen molar-refractivity contribution in [2.75, 3.05) is 5.32 Å². The number of carbonyl (C=O) groups is 1. The van der Waals surface area contributed by atoms with E-state index in [0.29, 0.717) is 17.3 Å². The minimum atomic E-state index is -0.282. The predicted molar refractivity (Wildman–Crippen MR) is 80.6 cm³/mol. The smallest absolute Gasteiger partial charge is 0.249 e. The maximum atomic E-state index is 11.8. The number of oxazole rings is 1. The molecular weight excluding hydrogens is 266 g/mol. The second-order valence-corrected chi connectivity index (χ2v) is 4.56. The Hall–Kier alpha value is -2.95. The Morgan fingerprint density at radius 3 is 2.95 bits per heavy atom. The lowest BCUT2D eigenvalue weighted by Gasteiger charge is -2.00. The maximum Gasteiger partial charge on any atom is 0.249 e. The van der Waals surface area contributed by atoms with E-state index in [1.807, 2.05) is 37.3 Å². The number of nitrogens with zero attached hydrogens (tertiary/aromatic N) is 2. The number of aromatic nitrogens is 2. The van der Waals surface area contributed by atoms with Crippen LogP contribution in [-0.2, 0) is 4.79 Å². The normalized spacial score (nSPS) is 11.1. The molecule has 5 heteroatoms. The molecule has 0 fully saturated rings. The topological polar surface area (TPSA) is 68.0 Å². The Morgan fingerprint density at radius 2 is 2.14 bits per heavy atom. The summed E-state index contributed by atoms with van der Waals surface area (Å²) in [7, 11) is 0. The highest BCUT2D eigenvalue weighted by Crippen LogP contribution is 2.15. The van der Waals surface area contributed by atoms with E-state index in [1.54, 1.807) is 12.3 Å². The molecule has 0 aliphatic heterocycles. The number of benzene rings is 1. The van der Waals surface area contributed by atoms with Crippen molar-refractivity contribution < 1.29 is 9.21 Å². The molecule has 0 spiro atoms. The standard InChI is InChI=1S/C16H13N3O2/c1-11-8-9-17-14(10-11)19-15(20)6-7-16-18-12-4-2-3-5-13(12)21-16/h2-10H,1H3,(H,17,19,20)/b7-6+. The van der Waals surface area contributed by atoms with Gasteiger partial charge in [0.1, 0.15) is 11.3 Å². The molecule has 0 bridgehead atoms. The van der Waals surface area contributed by atoms with Gasteiger partial charge in [-0.3, -0.25) is 4.79 Å². The van der Waals surface area contributed by atoms with Crippen LogP contribution in [0.15, 0.2) is 53.1 Å². The quantitative estimate of drug-likeness (QED) is 0.748. The van der Waals surface area contributed by atoms with Gasteiger partial charge in [0.15, 0.2) is 5.58 Å². The number of hydrogen-bond acceptors (Lipinski definition) is 4. The molecule has 21 heavy (non-hydrogen) atoms. The number of nitrogens with one attached hydrogen (secondary N) is 1. The highest BCUT2D eigenvalue weighted by molar-refractivity contribution is 6.01. The van der Waals surface area contributed by atoms with Crippen LogP contribution in [0.3, 0.4) is 0 Å². The van der Waals surface area contributed by atoms with Gasteiger partial charge in [-0.25, -0.2) is 9.97 Å². The third-order valence-corrected chi connectivity index (χ3v) is 2.85. The van der Waals surface area contributed by atoms with Crippen molar-refractivity contribution in [1.29, 1.82) is 0 Å². The van der Waals surface area contributed by atoms with Gasteiger partial charge in [-0.15, -0.1) is 0 Å². The molecule has 2 heterocycles. The van der Waals surface area contributed by atoms with Crippen molar-refractivity contribution in [3.05, 3.63) is 60.1 Å². The molecule has 3 rings (SSSR count). The number of anilines is 1. The summed E-state index contributed by atoms with van der Waals surface area (Å²) >= 11 is 0. The Bertz CT molecular complexity index is 788. The fourth-order valence-corrected chi connectivity index (χ4v) is 1.88. The molecule has 0 saturated heterocycles. The van der Waals surface area contributed by atoms with Crippen molar-refractivity contribution in [3.8, 4) is 0 Å². The third-order valence-electron chi connectivity index (χ3n) is 2.85. The molecule has 0 unspecified atom stereocenters. The van der Waals surface area contributed by atoms with Crippen LogP contribution < -0.4 is 5.32 Å². The molecule has 2 aromatic heterocycles. The van der Waals surface area contributed by atoms with E-state index in [4.69, 9.17) is 4.42 Å². The zero-order chi connectivity index (χ0) is 14.7. The molecule has 104 valence electrons. The third kappa shape index (κ3) is 3.14. The predicted octanol–water partition coefficient (Wildman–Crippen LogP) is 3.18.